The quantitative estimate of drug-likeness (QED) is 0.144. The molecule has 0 saturated carbocycles. The van der Waals surface area contributed by atoms with Crippen LogP contribution in [0.25, 0.3) is 37.2 Å². The van der Waals surface area contributed by atoms with Gasteiger partial charge in [-0.2, -0.15) is 0 Å². The van der Waals surface area contributed by atoms with Crippen LogP contribution in [-0.4, -0.2) is 91.5 Å². The summed E-state index contributed by atoms with van der Waals surface area (Å²) < 4.78 is 4.60. The molecule has 0 aliphatic carbocycles. The highest BCUT2D eigenvalue weighted by Gasteiger charge is 2.34. The summed E-state index contributed by atoms with van der Waals surface area (Å²) in [6.07, 6.45) is 2.32. The highest BCUT2D eigenvalue weighted by Crippen LogP contribution is 2.40. The first-order valence-electron chi connectivity index (χ1n) is 21.8. The van der Waals surface area contributed by atoms with E-state index in [2.05, 4.69) is 110 Å². The van der Waals surface area contributed by atoms with E-state index in [9.17, 15) is 4.79 Å². The topological polar surface area (TPSA) is 74.8 Å². The number of rotatable bonds is 9. The first-order chi connectivity index (χ1) is 29.6. The molecule has 3 aliphatic rings. The third-order valence-electron chi connectivity index (χ3n) is 13.3. The van der Waals surface area contributed by atoms with Crippen LogP contribution in [0.15, 0.2) is 77.1 Å². The van der Waals surface area contributed by atoms with Crippen molar-refractivity contribution in [2.45, 2.75) is 73.0 Å². The molecule has 0 unspecified atom stereocenters. The van der Waals surface area contributed by atoms with Gasteiger partial charge in [0.2, 0.25) is 5.91 Å². The summed E-state index contributed by atoms with van der Waals surface area (Å²) in [5.74, 6) is 2.27. The van der Waals surface area contributed by atoms with Gasteiger partial charge in [0.25, 0.3) is 0 Å². The predicted octanol–water partition coefficient (Wildman–Crippen LogP) is 10.4. The molecule has 4 aromatic heterocycles. The number of piperidine rings is 1. The fourth-order valence-corrected chi connectivity index (χ4v) is 12.1. The van der Waals surface area contributed by atoms with E-state index < -0.39 is 6.04 Å². The largest absolute Gasteiger partial charge is 0.343 e. The standard InChI is InChI=1S/C49H53ClN8OS2/c1-6-57-42-14-7-35(24-40(42)39-13-10-37(25-43(39)57)44-23-30(2)29-60-44)28-55-21-19-54(20-22-55)27-34-15-17-56(18-16-34)45(59)26-41-48-53-52-33(5)58(48)49-46(31(3)32(4)61-49)47(51-41)36-8-11-38(50)12-9-36/h7-14,23-25,29,34,41H,6,15-22,26-28H2,1-5H3/t41-/m0/s1. The molecule has 9 nitrogen and oxygen atoms in total. The molecule has 7 aromatic rings. The number of carbonyl (C=O) groups excluding carboxylic acids is 1. The molecule has 314 valence electrons. The number of piperazine rings is 1. The number of amides is 1. The van der Waals surface area contributed by atoms with E-state index >= 15 is 0 Å². The van der Waals surface area contributed by atoms with Gasteiger partial charge < -0.3 is 14.4 Å². The van der Waals surface area contributed by atoms with Gasteiger partial charge in [0.05, 0.1) is 12.1 Å². The van der Waals surface area contributed by atoms with Gasteiger partial charge in [0.15, 0.2) is 5.82 Å². The van der Waals surface area contributed by atoms with E-state index in [1.807, 2.05) is 42.5 Å². The fraction of sp³-hybridized carbons (Fsp3) is 0.388. The Bertz CT molecular complexity index is 2800. The predicted molar refractivity (Wildman–Crippen MR) is 252 cm³/mol. The van der Waals surface area contributed by atoms with Crippen LogP contribution >= 0.6 is 34.3 Å². The molecule has 0 radical (unpaired) electrons. The summed E-state index contributed by atoms with van der Waals surface area (Å²) >= 11 is 9.87. The number of nitrogens with zero attached hydrogens (tertiary/aromatic N) is 8. The van der Waals surface area contributed by atoms with Crippen LogP contribution in [0.3, 0.4) is 0 Å². The first-order valence-corrected chi connectivity index (χ1v) is 23.9. The summed E-state index contributed by atoms with van der Waals surface area (Å²) in [6.45, 7) is 19.6. The van der Waals surface area contributed by atoms with Crippen molar-refractivity contribution >= 4 is 67.7 Å². The van der Waals surface area contributed by atoms with Crippen LogP contribution in [0.1, 0.15) is 76.6 Å². The van der Waals surface area contributed by atoms with Gasteiger partial charge >= 0.3 is 0 Å². The maximum atomic E-state index is 14.1. The Morgan fingerprint density at radius 1 is 0.820 bits per heavy atom. The molecule has 0 N–H and O–H groups in total. The molecule has 10 rings (SSSR count). The van der Waals surface area contributed by atoms with Crippen LogP contribution in [-0.2, 0) is 17.9 Å². The molecule has 0 bridgehead atoms. The van der Waals surface area contributed by atoms with Crippen molar-refractivity contribution in [2.75, 3.05) is 45.8 Å². The lowest BCUT2D eigenvalue weighted by Gasteiger charge is -2.39. The monoisotopic (exact) mass is 868 g/mol. The van der Waals surface area contributed by atoms with Crippen molar-refractivity contribution in [1.29, 1.82) is 0 Å². The van der Waals surface area contributed by atoms with Crippen LogP contribution in [0, 0.1) is 33.6 Å². The number of fused-ring (bicyclic) bond motifs is 6. The molecule has 1 amide bonds. The molecule has 2 saturated heterocycles. The Kier molecular flexibility index (Phi) is 11.0. The lowest BCUT2D eigenvalue weighted by molar-refractivity contribution is -0.133. The first kappa shape index (κ1) is 40.4. The maximum Gasteiger partial charge on any atom is 0.225 e. The minimum absolute atomic E-state index is 0.136. The Morgan fingerprint density at radius 3 is 2.31 bits per heavy atom. The zero-order valence-electron chi connectivity index (χ0n) is 35.7. The van der Waals surface area contributed by atoms with Gasteiger partial charge in [-0.15, -0.1) is 32.9 Å². The van der Waals surface area contributed by atoms with Crippen molar-refractivity contribution in [3.63, 3.8) is 0 Å². The Labute approximate surface area is 371 Å². The minimum atomic E-state index is -0.444. The summed E-state index contributed by atoms with van der Waals surface area (Å²) in [4.78, 5) is 29.3. The smallest absolute Gasteiger partial charge is 0.225 e. The molecule has 61 heavy (non-hydrogen) atoms. The molecule has 1 atom stereocenters. The highest BCUT2D eigenvalue weighted by molar-refractivity contribution is 7.15. The van der Waals surface area contributed by atoms with Crippen LogP contribution in [0.2, 0.25) is 5.02 Å². The summed E-state index contributed by atoms with van der Waals surface area (Å²) in [7, 11) is 0. The third kappa shape index (κ3) is 7.67. The number of likely N-dealkylation sites (tertiary alicyclic amines) is 1. The molecule has 7 heterocycles. The highest BCUT2D eigenvalue weighted by atomic mass is 35.5. The average Bonchev–Trinajstić information content (AvgIpc) is 4.01. The molecule has 0 spiro atoms. The lowest BCUT2D eigenvalue weighted by Crippen LogP contribution is -2.48. The molecule has 2 fully saturated rings. The SMILES string of the molecule is CCn1c2ccc(CN3CCN(CC4CCN(C(=O)C[C@@H]5N=C(c6ccc(Cl)cc6)c6c(sc(C)c6C)-n6c(C)nnc65)CC4)CC3)cc2c2ccc(-c3cc(C)cs3)cc21. The van der Waals surface area contributed by atoms with E-state index in [4.69, 9.17) is 16.6 Å². The van der Waals surface area contributed by atoms with Crippen molar-refractivity contribution in [3.8, 4) is 15.4 Å². The van der Waals surface area contributed by atoms with E-state index in [1.54, 1.807) is 11.3 Å². The second-order valence-electron chi connectivity index (χ2n) is 17.3. The summed E-state index contributed by atoms with van der Waals surface area (Å²) in [6, 6.07) is 23.8. The molecule has 3 aliphatic heterocycles. The number of carbonyl (C=O) groups is 1. The van der Waals surface area contributed by atoms with Gasteiger partial charge in [0.1, 0.15) is 16.9 Å². The Morgan fingerprint density at radius 2 is 1.57 bits per heavy atom. The van der Waals surface area contributed by atoms with Gasteiger partial charge in [-0.05, 0) is 117 Å². The van der Waals surface area contributed by atoms with E-state index in [-0.39, 0.29) is 12.3 Å². The summed E-state index contributed by atoms with van der Waals surface area (Å²) in [5, 5.41) is 15.8. The average molecular weight is 870 g/mol. The molecular formula is C49H53ClN8OS2. The van der Waals surface area contributed by atoms with Crippen LogP contribution in [0.5, 0.6) is 0 Å². The number of hydrogen-bond donors (Lipinski definition) is 0. The van der Waals surface area contributed by atoms with E-state index in [0.717, 1.165) is 105 Å². The number of aliphatic imine (C=N–C) groups is 1. The Hall–Kier alpha value is -4.65. The van der Waals surface area contributed by atoms with Crippen molar-refractivity contribution in [2.24, 2.45) is 10.9 Å². The fourth-order valence-electron chi connectivity index (χ4n) is 9.87. The number of benzene rings is 3. The zero-order chi connectivity index (χ0) is 41.9. The summed E-state index contributed by atoms with van der Waals surface area (Å²) in [5.41, 5.74) is 10.8. The molecule has 3 aromatic carbocycles. The molecule has 12 heteroatoms. The van der Waals surface area contributed by atoms with Crippen LogP contribution < -0.4 is 0 Å². The number of aromatic nitrogens is 4. The number of thiophene rings is 2. The van der Waals surface area contributed by atoms with E-state index in [0.29, 0.717) is 10.9 Å². The second kappa shape index (κ2) is 16.6. The van der Waals surface area contributed by atoms with Gasteiger partial charge in [0, 0.05) is 107 Å². The van der Waals surface area contributed by atoms with Gasteiger partial charge in [-0.1, -0.05) is 41.9 Å². The third-order valence-corrected chi connectivity index (χ3v) is 15.9. The number of halogens is 1. The normalized spacial score (nSPS) is 17.8. The lowest BCUT2D eigenvalue weighted by atomic mass is 9.95. The molecular weight excluding hydrogens is 816 g/mol. The Balaban J connectivity index is 0.758. The maximum absolute atomic E-state index is 14.1. The van der Waals surface area contributed by atoms with Gasteiger partial charge in [-0.3, -0.25) is 19.3 Å². The van der Waals surface area contributed by atoms with Crippen molar-refractivity contribution in [1.82, 2.24) is 34.0 Å². The minimum Gasteiger partial charge on any atom is -0.343 e. The van der Waals surface area contributed by atoms with Crippen molar-refractivity contribution < 1.29 is 4.79 Å². The zero-order valence-corrected chi connectivity index (χ0v) is 38.1. The van der Waals surface area contributed by atoms with Gasteiger partial charge in [-0.25, -0.2) is 0 Å². The van der Waals surface area contributed by atoms with E-state index in [1.165, 1.54) is 53.8 Å². The number of aryl methyl sites for hydroxylation is 4. The van der Waals surface area contributed by atoms with Crippen molar-refractivity contribution in [3.05, 3.63) is 121 Å². The van der Waals surface area contributed by atoms with Crippen LogP contribution in [0.4, 0.5) is 0 Å². The number of hydrogen-bond acceptors (Lipinski definition) is 8. The second-order valence-corrected chi connectivity index (χ2v) is 19.9.